The van der Waals surface area contributed by atoms with E-state index >= 15 is 0 Å². The first-order valence-electron chi connectivity index (χ1n) is 9.38. The van der Waals surface area contributed by atoms with Gasteiger partial charge in [-0.15, -0.1) is 0 Å². The summed E-state index contributed by atoms with van der Waals surface area (Å²) in [7, 11) is 3.20. The number of carbonyl (C=O) groups is 1. The quantitative estimate of drug-likeness (QED) is 0.815. The van der Waals surface area contributed by atoms with Crippen molar-refractivity contribution in [3.05, 3.63) is 53.6 Å². The number of carbonyl (C=O) groups excluding carboxylic acids is 1. The maximum Gasteiger partial charge on any atom is 0.224 e. The molecule has 0 radical (unpaired) electrons. The topological polar surface area (TPSA) is 50.8 Å². The minimum absolute atomic E-state index is 0.0380. The Kier molecular flexibility index (Phi) is 6.22. The van der Waals surface area contributed by atoms with Crippen molar-refractivity contribution in [1.82, 2.24) is 5.32 Å². The van der Waals surface area contributed by atoms with Gasteiger partial charge in [0, 0.05) is 25.3 Å². The van der Waals surface area contributed by atoms with Gasteiger partial charge in [0.25, 0.3) is 0 Å². The van der Waals surface area contributed by atoms with Crippen molar-refractivity contribution in [2.75, 3.05) is 38.8 Å². The van der Waals surface area contributed by atoms with E-state index in [0.717, 1.165) is 25.1 Å². The number of nitrogens with zero attached hydrogens (tertiary/aromatic N) is 1. The number of anilines is 1. The van der Waals surface area contributed by atoms with Gasteiger partial charge in [0.1, 0.15) is 0 Å². The molecular weight excluding hydrogens is 340 g/mol. The van der Waals surface area contributed by atoms with Crippen LogP contribution >= 0.6 is 0 Å². The number of methoxy groups -OCH3 is 2. The van der Waals surface area contributed by atoms with E-state index < -0.39 is 0 Å². The second-order valence-corrected chi connectivity index (χ2v) is 7.11. The van der Waals surface area contributed by atoms with Gasteiger partial charge in [-0.25, -0.2) is 0 Å². The molecule has 1 N–H and O–H groups in total. The molecule has 2 aromatic carbocycles. The number of hydrogen-bond donors (Lipinski definition) is 1. The van der Waals surface area contributed by atoms with Crippen molar-refractivity contribution in [2.24, 2.45) is 5.92 Å². The molecule has 5 nitrogen and oxygen atoms in total. The van der Waals surface area contributed by atoms with Crippen molar-refractivity contribution >= 4 is 11.6 Å². The first kappa shape index (κ1) is 19.1. The van der Waals surface area contributed by atoms with Gasteiger partial charge in [0.2, 0.25) is 5.91 Å². The normalized spacial score (nSPS) is 16.3. The predicted octanol–water partition coefficient (Wildman–Crippen LogP) is 3.20. The summed E-state index contributed by atoms with van der Waals surface area (Å²) in [5.41, 5.74) is 3.45. The maximum atomic E-state index is 12.3. The monoisotopic (exact) mass is 368 g/mol. The van der Waals surface area contributed by atoms with Crippen LogP contribution < -0.4 is 19.7 Å². The third kappa shape index (κ3) is 4.94. The van der Waals surface area contributed by atoms with Crippen LogP contribution in [0.2, 0.25) is 0 Å². The number of hydrogen-bond acceptors (Lipinski definition) is 4. The van der Waals surface area contributed by atoms with Gasteiger partial charge >= 0.3 is 0 Å². The molecule has 5 heteroatoms. The highest BCUT2D eigenvalue weighted by Crippen LogP contribution is 2.28. The molecule has 0 bridgehead atoms. The summed E-state index contributed by atoms with van der Waals surface area (Å²) in [6.07, 6.45) is 1.44. The third-order valence-corrected chi connectivity index (χ3v) is 5.09. The number of ether oxygens (including phenoxy) is 2. The molecule has 144 valence electrons. The molecule has 27 heavy (non-hydrogen) atoms. The van der Waals surface area contributed by atoms with Crippen molar-refractivity contribution in [3.63, 3.8) is 0 Å². The van der Waals surface area contributed by atoms with E-state index in [-0.39, 0.29) is 5.91 Å². The molecule has 1 amide bonds. The van der Waals surface area contributed by atoms with E-state index in [1.165, 1.54) is 11.3 Å². The van der Waals surface area contributed by atoms with Crippen LogP contribution in [0, 0.1) is 12.8 Å². The highest BCUT2D eigenvalue weighted by atomic mass is 16.5. The van der Waals surface area contributed by atoms with Crippen LogP contribution in [-0.4, -0.2) is 39.8 Å². The zero-order chi connectivity index (χ0) is 19.2. The van der Waals surface area contributed by atoms with Gasteiger partial charge in [-0.05, 0) is 49.1 Å². The van der Waals surface area contributed by atoms with Gasteiger partial charge in [0.05, 0.1) is 20.6 Å². The van der Waals surface area contributed by atoms with Gasteiger partial charge in [-0.3, -0.25) is 4.79 Å². The van der Waals surface area contributed by atoms with E-state index in [0.29, 0.717) is 30.4 Å². The zero-order valence-corrected chi connectivity index (χ0v) is 16.3. The Hall–Kier alpha value is -2.69. The second kappa shape index (κ2) is 8.80. The Morgan fingerprint density at radius 2 is 1.85 bits per heavy atom. The molecule has 0 aromatic heterocycles. The van der Waals surface area contributed by atoms with Crippen LogP contribution in [-0.2, 0) is 11.2 Å². The summed E-state index contributed by atoms with van der Waals surface area (Å²) in [6, 6.07) is 14.2. The van der Waals surface area contributed by atoms with Crippen LogP contribution in [0.4, 0.5) is 5.69 Å². The smallest absolute Gasteiger partial charge is 0.224 e. The molecule has 1 aliphatic rings. The van der Waals surface area contributed by atoms with E-state index in [9.17, 15) is 4.79 Å². The standard InChI is InChI=1S/C22H28N2O3/c1-16-4-7-19(8-5-16)24-11-10-18(15-24)14-23-22(25)13-17-6-9-20(26-2)21(12-17)27-3/h4-9,12,18H,10-11,13-15H2,1-3H3,(H,23,25). The lowest BCUT2D eigenvalue weighted by Crippen LogP contribution is -2.32. The minimum Gasteiger partial charge on any atom is -0.493 e. The summed E-state index contributed by atoms with van der Waals surface area (Å²) in [6.45, 7) is 4.85. The number of aryl methyl sites for hydroxylation is 1. The molecule has 3 rings (SSSR count). The SMILES string of the molecule is COc1ccc(CC(=O)NCC2CCN(c3ccc(C)cc3)C2)cc1OC. The highest BCUT2D eigenvalue weighted by molar-refractivity contribution is 5.78. The molecular formula is C22H28N2O3. The Morgan fingerprint density at radius 1 is 1.11 bits per heavy atom. The molecule has 1 unspecified atom stereocenters. The van der Waals surface area contributed by atoms with E-state index in [1.807, 2.05) is 18.2 Å². The van der Waals surface area contributed by atoms with Gasteiger partial charge in [-0.2, -0.15) is 0 Å². The van der Waals surface area contributed by atoms with Crippen molar-refractivity contribution in [3.8, 4) is 11.5 Å². The highest BCUT2D eigenvalue weighted by Gasteiger charge is 2.23. The molecule has 1 saturated heterocycles. The molecule has 0 spiro atoms. The maximum absolute atomic E-state index is 12.3. The number of rotatable bonds is 7. The molecule has 2 aromatic rings. The Bertz CT molecular complexity index is 774. The van der Waals surface area contributed by atoms with Crippen molar-refractivity contribution in [2.45, 2.75) is 19.8 Å². The summed E-state index contributed by atoms with van der Waals surface area (Å²) in [4.78, 5) is 14.7. The number of benzene rings is 2. The number of amides is 1. The van der Waals surface area contributed by atoms with Crippen LogP contribution in [0.15, 0.2) is 42.5 Å². The fourth-order valence-corrected chi connectivity index (χ4v) is 3.49. The largest absolute Gasteiger partial charge is 0.493 e. The zero-order valence-electron chi connectivity index (χ0n) is 16.3. The lowest BCUT2D eigenvalue weighted by atomic mass is 10.1. The van der Waals surface area contributed by atoms with Crippen LogP contribution in [0.5, 0.6) is 11.5 Å². The average molecular weight is 368 g/mol. The third-order valence-electron chi connectivity index (χ3n) is 5.09. The summed E-state index contributed by atoms with van der Waals surface area (Å²) in [5.74, 6) is 1.84. The van der Waals surface area contributed by atoms with Gasteiger partial charge in [-0.1, -0.05) is 23.8 Å². The molecule has 1 heterocycles. The minimum atomic E-state index is 0.0380. The van der Waals surface area contributed by atoms with Crippen LogP contribution in [0.25, 0.3) is 0 Å². The Morgan fingerprint density at radius 3 is 2.56 bits per heavy atom. The summed E-state index contributed by atoms with van der Waals surface area (Å²) < 4.78 is 10.5. The predicted molar refractivity (Wildman–Crippen MR) is 108 cm³/mol. The van der Waals surface area contributed by atoms with Crippen molar-refractivity contribution in [1.29, 1.82) is 0 Å². The van der Waals surface area contributed by atoms with E-state index in [4.69, 9.17) is 9.47 Å². The summed E-state index contributed by atoms with van der Waals surface area (Å²) in [5, 5.41) is 3.08. The van der Waals surface area contributed by atoms with Gasteiger partial charge in [0.15, 0.2) is 11.5 Å². The fraction of sp³-hybridized carbons (Fsp3) is 0.409. The first-order valence-corrected chi connectivity index (χ1v) is 9.38. The first-order chi connectivity index (χ1) is 13.1. The molecule has 0 saturated carbocycles. The molecule has 0 aliphatic carbocycles. The molecule has 1 atom stereocenters. The van der Waals surface area contributed by atoms with E-state index in [2.05, 4.69) is 41.4 Å². The Balaban J connectivity index is 1.48. The number of nitrogens with one attached hydrogen (secondary N) is 1. The average Bonchev–Trinajstić information content (AvgIpc) is 3.16. The molecule has 1 fully saturated rings. The lowest BCUT2D eigenvalue weighted by Gasteiger charge is -2.19. The van der Waals surface area contributed by atoms with Crippen molar-refractivity contribution < 1.29 is 14.3 Å². The fourth-order valence-electron chi connectivity index (χ4n) is 3.49. The van der Waals surface area contributed by atoms with Crippen LogP contribution in [0.1, 0.15) is 17.5 Å². The molecule has 1 aliphatic heterocycles. The van der Waals surface area contributed by atoms with Gasteiger partial charge < -0.3 is 19.7 Å². The Labute approximate surface area is 161 Å². The van der Waals surface area contributed by atoms with Crippen LogP contribution in [0.3, 0.4) is 0 Å². The second-order valence-electron chi connectivity index (χ2n) is 7.11. The lowest BCUT2D eigenvalue weighted by molar-refractivity contribution is -0.120. The summed E-state index contributed by atoms with van der Waals surface area (Å²) >= 11 is 0. The van der Waals surface area contributed by atoms with E-state index in [1.54, 1.807) is 14.2 Å².